The zero-order valence-electron chi connectivity index (χ0n) is 27.4. The monoisotopic (exact) mass is 666 g/mol. The quantitative estimate of drug-likeness (QED) is 0.128. The van der Waals surface area contributed by atoms with Crippen molar-refractivity contribution in [3.63, 3.8) is 0 Å². The van der Waals surface area contributed by atoms with E-state index in [1.54, 1.807) is 18.2 Å². The molecule has 0 spiro atoms. The highest BCUT2D eigenvalue weighted by molar-refractivity contribution is 5.55. The fourth-order valence-corrected chi connectivity index (χ4v) is 5.86. The van der Waals surface area contributed by atoms with E-state index in [1.165, 1.54) is 0 Å². The van der Waals surface area contributed by atoms with Crippen LogP contribution in [0.25, 0.3) is 0 Å². The summed E-state index contributed by atoms with van der Waals surface area (Å²) in [6, 6.07) is 48.3. The number of aliphatic hydroxyl groups excluding tert-OH is 2. The molecule has 6 aromatic carbocycles. The zero-order valence-corrected chi connectivity index (χ0v) is 27.4. The Labute approximate surface area is 291 Å². The summed E-state index contributed by atoms with van der Waals surface area (Å²) in [7, 11) is 0. The molecule has 0 aromatic heterocycles. The molecule has 50 heavy (non-hydrogen) atoms. The van der Waals surface area contributed by atoms with Crippen LogP contribution in [0.2, 0.25) is 0 Å². The van der Waals surface area contributed by atoms with Crippen molar-refractivity contribution in [1.82, 2.24) is 0 Å². The van der Waals surface area contributed by atoms with Gasteiger partial charge in [0.05, 0.1) is 5.56 Å². The lowest BCUT2D eigenvalue weighted by atomic mass is 9.91. The van der Waals surface area contributed by atoms with Crippen LogP contribution in [0.5, 0.6) is 28.7 Å². The van der Waals surface area contributed by atoms with E-state index >= 15 is 0 Å². The summed E-state index contributed by atoms with van der Waals surface area (Å²) in [6.07, 6.45) is -3.54. The van der Waals surface area contributed by atoms with Gasteiger partial charge in [0.1, 0.15) is 55.9 Å². The van der Waals surface area contributed by atoms with E-state index in [0.717, 1.165) is 22.3 Å². The van der Waals surface area contributed by atoms with Crippen molar-refractivity contribution in [1.29, 1.82) is 0 Å². The van der Waals surface area contributed by atoms with Crippen molar-refractivity contribution in [2.24, 2.45) is 0 Å². The minimum Gasteiger partial charge on any atom is -0.489 e. The van der Waals surface area contributed by atoms with Crippen LogP contribution in [-0.4, -0.2) is 16.3 Å². The van der Waals surface area contributed by atoms with Gasteiger partial charge < -0.3 is 33.9 Å². The molecule has 7 rings (SSSR count). The van der Waals surface area contributed by atoms with Crippen LogP contribution < -0.4 is 23.7 Å². The van der Waals surface area contributed by atoms with E-state index < -0.39 is 18.3 Å². The average molecular weight is 667 g/mol. The van der Waals surface area contributed by atoms with Crippen LogP contribution in [0.4, 0.5) is 0 Å². The summed E-state index contributed by atoms with van der Waals surface area (Å²) >= 11 is 0. The lowest BCUT2D eigenvalue weighted by molar-refractivity contribution is -0.0714. The molecule has 1 heterocycles. The maximum atomic E-state index is 11.6. The van der Waals surface area contributed by atoms with E-state index in [0.29, 0.717) is 59.7 Å². The Kier molecular flexibility index (Phi) is 10.2. The first-order valence-electron chi connectivity index (χ1n) is 16.6. The van der Waals surface area contributed by atoms with Gasteiger partial charge in [0, 0.05) is 12.1 Å². The van der Waals surface area contributed by atoms with E-state index in [2.05, 4.69) is 0 Å². The number of rotatable bonds is 13. The van der Waals surface area contributed by atoms with Crippen LogP contribution in [0.15, 0.2) is 152 Å². The second kappa shape index (κ2) is 15.6. The first kappa shape index (κ1) is 32.8. The standard InChI is InChI=1S/C43H38O7/c44-41-40-38(49-29-33-19-11-4-12-20-33)24-35(46-26-30-13-5-1-6-14-30)25-39(40)50-43(42(41)45)34-21-22-36(47-27-31-15-7-2-8-16-31)37(23-34)48-28-32-17-9-3-10-18-32/h1-25,41-45H,26-29H2/t41?,42-,43+/m0/s1. The van der Waals surface area contributed by atoms with Crippen molar-refractivity contribution in [2.45, 2.75) is 44.7 Å². The highest BCUT2D eigenvalue weighted by atomic mass is 16.5. The summed E-state index contributed by atoms with van der Waals surface area (Å²) in [6.45, 7) is 1.26. The van der Waals surface area contributed by atoms with Crippen LogP contribution in [0.3, 0.4) is 0 Å². The van der Waals surface area contributed by atoms with E-state index in [-0.39, 0.29) is 6.61 Å². The molecule has 252 valence electrons. The third-order valence-corrected chi connectivity index (χ3v) is 8.52. The molecule has 1 aliphatic rings. The number of hydrogen-bond acceptors (Lipinski definition) is 7. The van der Waals surface area contributed by atoms with E-state index in [9.17, 15) is 10.2 Å². The molecule has 2 N–H and O–H groups in total. The van der Waals surface area contributed by atoms with Crippen LogP contribution in [0.1, 0.15) is 45.6 Å². The maximum Gasteiger partial charge on any atom is 0.162 e. The second-order valence-corrected chi connectivity index (χ2v) is 12.1. The van der Waals surface area contributed by atoms with Gasteiger partial charge in [0.2, 0.25) is 0 Å². The van der Waals surface area contributed by atoms with Gasteiger partial charge in [0.15, 0.2) is 17.6 Å². The molecule has 0 aliphatic carbocycles. The SMILES string of the molecule is OC1c2c(OCc3ccccc3)cc(OCc3ccccc3)cc2O[C@H](c2ccc(OCc3ccccc3)c(OCc3ccccc3)c2)[C@H]1O. The highest BCUT2D eigenvalue weighted by Gasteiger charge is 2.40. The van der Waals surface area contributed by atoms with E-state index in [4.69, 9.17) is 23.7 Å². The normalized spacial score (nSPS) is 16.5. The molecule has 7 nitrogen and oxygen atoms in total. The predicted molar refractivity (Wildman–Crippen MR) is 190 cm³/mol. The minimum absolute atomic E-state index is 0.258. The Bertz CT molecular complexity index is 1970. The van der Waals surface area contributed by atoms with Crippen LogP contribution >= 0.6 is 0 Å². The number of fused-ring (bicyclic) bond motifs is 1. The lowest BCUT2D eigenvalue weighted by Gasteiger charge is -2.36. The summed E-state index contributed by atoms with van der Waals surface area (Å²) in [5, 5.41) is 23.2. The minimum atomic E-state index is -1.31. The summed E-state index contributed by atoms with van der Waals surface area (Å²) in [4.78, 5) is 0. The Morgan fingerprint density at radius 2 is 0.920 bits per heavy atom. The smallest absolute Gasteiger partial charge is 0.162 e. The van der Waals surface area contributed by atoms with Gasteiger partial charge >= 0.3 is 0 Å². The van der Waals surface area contributed by atoms with E-state index in [1.807, 2.05) is 133 Å². The molecule has 3 atom stereocenters. The molecule has 1 aliphatic heterocycles. The molecule has 0 saturated carbocycles. The van der Waals surface area contributed by atoms with Crippen molar-refractivity contribution in [2.75, 3.05) is 0 Å². The summed E-state index contributed by atoms with van der Waals surface area (Å²) in [5.74, 6) is 2.28. The van der Waals surface area contributed by atoms with Gasteiger partial charge in [0.25, 0.3) is 0 Å². The third kappa shape index (κ3) is 7.92. The van der Waals surface area contributed by atoms with Crippen molar-refractivity contribution < 1.29 is 33.9 Å². The molecular weight excluding hydrogens is 628 g/mol. The third-order valence-electron chi connectivity index (χ3n) is 8.52. The van der Waals surface area contributed by atoms with Crippen LogP contribution in [0, 0.1) is 0 Å². The summed E-state index contributed by atoms with van der Waals surface area (Å²) < 4.78 is 31.4. The topological polar surface area (TPSA) is 86.6 Å². The number of ether oxygens (including phenoxy) is 5. The largest absolute Gasteiger partial charge is 0.489 e. The number of hydrogen-bond donors (Lipinski definition) is 2. The van der Waals surface area contributed by atoms with Crippen molar-refractivity contribution in [3.05, 3.63) is 185 Å². The zero-order chi connectivity index (χ0) is 34.1. The fraction of sp³-hybridized carbons (Fsp3) is 0.163. The second-order valence-electron chi connectivity index (χ2n) is 12.1. The van der Waals surface area contributed by atoms with Crippen molar-refractivity contribution >= 4 is 0 Å². The van der Waals surface area contributed by atoms with Gasteiger partial charge in [-0.05, 0) is 39.9 Å². The van der Waals surface area contributed by atoms with Gasteiger partial charge in [-0.15, -0.1) is 0 Å². The number of benzene rings is 6. The molecule has 0 bridgehead atoms. The Morgan fingerprint density at radius 3 is 1.44 bits per heavy atom. The molecule has 0 radical (unpaired) electrons. The Hall–Kier alpha value is -5.76. The molecular formula is C43H38O7. The molecule has 0 saturated heterocycles. The molecule has 6 aromatic rings. The first-order chi connectivity index (χ1) is 24.6. The van der Waals surface area contributed by atoms with Crippen LogP contribution in [-0.2, 0) is 26.4 Å². The maximum absolute atomic E-state index is 11.6. The van der Waals surface area contributed by atoms with Gasteiger partial charge in [-0.3, -0.25) is 0 Å². The molecule has 0 amide bonds. The van der Waals surface area contributed by atoms with Gasteiger partial charge in [-0.2, -0.15) is 0 Å². The Morgan fingerprint density at radius 1 is 0.460 bits per heavy atom. The molecule has 7 heteroatoms. The lowest BCUT2D eigenvalue weighted by Crippen LogP contribution is -2.34. The first-order valence-corrected chi connectivity index (χ1v) is 16.6. The summed E-state index contributed by atoms with van der Waals surface area (Å²) in [5.41, 5.74) is 4.95. The van der Waals surface area contributed by atoms with Crippen molar-refractivity contribution in [3.8, 4) is 28.7 Å². The number of aliphatic hydroxyl groups is 2. The van der Waals surface area contributed by atoms with Gasteiger partial charge in [-0.25, -0.2) is 0 Å². The van der Waals surface area contributed by atoms with Gasteiger partial charge in [-0.1, -0.05) is 127 Å². The molecule has 0 fully saturated rings. The average Bonchev–Trinajstić information content (AvgIpc) is 3.17. The predicted octanol–water partition coefficient (Wildman–Crippen LogP) is 8.53. The highest BCUT2D eigenvalue weighted by Crippen LogP contribution is 2.48. The molecule has 1 unspecified atom stereocenters. The Balaban J connectivity index is 1.19. The fourth-order valence-electron chi connectivity index (χ4n) is 5.86.